The van der Waals surface area contributed by atoms with Gasteiger partial charge >= 0.3 is 0 Å². The number of nitrogens with one attached hydrogen (secondary N) is 1. The summed E-state index contributed by atoms with van der Waals surface area (Å²) in [5.74, 6) is 1.22. The lowest BCUT2D eigenvalue weighted by molar-refractivity contribution is -0.122. The van der Waals surface area contributed by atoms with Gasteiger partial charge in [-0.3, -0.25) is 9.78 Å². The van der Waals surface area contributed by atoms with Crippen molar-refractivity contribution < 1.29 is 14.3 Å². The van der Waals surface area contributed by atoms with Crippen LogP contribution in [0.2, 0.25) is 0 Å². The summed E-state index contributed by atoms with van der Waals surface area (Å²) in [6.07, 6.45) is 5.69. The first-order valence-electron chi connectivity index (χ1n) is 8.63. The summed E-state index contributed by atoms with van der Waals surface area (Å²) >= 11 is 0. The largest absolute Gasteiger partial charge is 0.497 e. The van der Waals surface area contributed by atoms with E-state index in [1.54, 1.807) is 19.5 Å². The minimum atomic E-state index is 0.0750. The molecule has 1 aromatic heterocycles. The molecule has 1 fully saturated rings. The summed E-state index contributed by atoms with van der Waals surface area (Å²) in [4.78, 5) is 16.3. The Bertz CT molecular complexity index is 673. The van der Waals surface area contributed by atoms with Crippen LogP contribution >= 0.6 is 0 Å². The van der Waals surface area contributed by atoms with E-state index in [0.29, 0.717) is 25.6 Å². The number of hydrogen-bond acceptors (Lipinski definition) is 4. The molecular weight excluding hydrogens is 316 g/mol. The van der Waals surface area contributed by atoms with Gasteiger partial charge in [-0.05, 0) is 48.2 Å². The van der Waals surface area contributed by atoms with Crippen molar-refractivity contribution in [2.45, 2.75) is 25.3 Å². The van der Waals surface area contributed by atoms with Crippen LogP contribution in [0.25, 0.3) is 0 Å². The van der Waals surface area contributed by atoms with E-state index in [9.17, 15) is 4.79 Å². The number of ether oxygens (including phenoxy) is 2. The fourth-order valence-electron chi connectivity index (χ4n) is 3.11. The average Bonchev–Trinajstić information content (AvgIpc) is 3.08. The molecule has 0 saturated carbocycles. The number of methoxy groups -OCH3 is 1. The molecule has 0 bridgehead atoms. The molecule has 25 heavy (non-hydrogen) atoms. The number of amides is 1. The van der Waals surface area contributed by atoms with Crippen LogP contribution in [-0.4, -0.2) is 37.3 Å². The van der Waals surface area contributed by atoms with Crippen LogP contribution in [0.3, 0.4) is 0 Å². The van der Waals surface area contributed by atoms with Crippen molar-refractivity contribution >= 4 is 5.91 Å². The number of rotatable bonds is 7. The van der Waals surface area contributed by atoms with Crippen LogP contribution in [0.5, 0.6) is 5.75 Å². The van der Waals surface area contributed by atoms with E-state index in [4.69, 9.17) is 9.47 Å². The maximum absolute atomic E-state index is 12.3. The number of nitrogens with zero attached hydrogens (tertiary/aromatic N) is 1. The number of benzene rings is 1. The van der Waals surface area contributed by atoms with Gasteiger partial charge in [-0.2, -0.15) is 0 Å². The number of hydrogen-bond donors (Lipinski definition) is 1. The predicted molar refractivity (Wildman–Crippen MR) is 95.5 cm³/mol. The molecule has 0 aliphatic carbocycles. The number of pyridine rings is 1. The molecule has 0 unspecified atom stereocenters. The lowest BCUT2D eigenvalue weighted by Crippen LogP contribution is -2.40. The zero-order valence-electron chi connectivity index (χ0n) is 14.5. The van der Waals surface area contributed by atoms with Crippen LogP contribution in [0.1, 0.15) is 17.5 Å². The van der Waals surface area contributed by atoms with Crippen LogP contribution in [0.4, 0.5) is 0 Å². The molecule has 2 atom stereocenters. The van der Waals surface area contributed by atoms with Gasteiger partial charge in [-0.25, -0.2) is 0 Å². The molecule has 2 heterocycles. The van der Waals surface area contributed by atoms with E-state index in [2.05, 4.69) is 10.3 Å². The topological polar surface area (TPSA) is 60.5 Å². The second kappa shape index (κ2) is 8.62. The number of aryl methyl sites for hydroxylation is 1. The predicted octanol–water partition coefficient (Wildman–Crippen LogP) is 2.40. The fraction of sp³-hybridized carbons (Fsp3) is 0.400. The zero-order chi connectivity index (χ0) is 17.5. The van der Waals surface area contributed by atoms with Gasteiger partial charge in [0.05, 0.1) is 26.4 Å². The zero-order valence-corrected chi connectivity index (χ0v) is 14.5. The molecular formula is C20H24N2O3. The fourth-order valence-corrected chi connectivity index (χ4v) is 3.11. The Morgan fingerprint density at radius 3 is 2.64 bits per heavy atom. The first kappa shape index (κ1) is 17.4. The molecule has 1 N–H and O–H groups in total. The van der Waals surface area contributed by atoms with Crippen molar-refractivity contribution in [2.24, 2.45) is 5.92 Å². The van der Waals surface area contributed by atoms with Crippen molar-refractivity contribution in [2.75, 3.05) is 20.3 Å². The highest BCUT2D eigenvalue weighted by atomic mass is 16.5. The lowest BCUT2D eigenvalue weighted by Gasteiger charge is -2.19. The maximum atomic E-state index is 12.3. The Balaban J connectivity index is 1.47. The Labute approximate surface area is 148 Å². The van der Waals surface area contributed by atoms with Crippen LogP contribution in [0, 0.1) is 5.92 Å². The standard InChI is InChI=1S/C20H24N2O3/c1-24-18-5-2-15(3-6-18)4-7-20(23)22-19-14-25-13-17(19)12-16-8-10-21-11-9-16/h2-3,5-6,8-11,17,19H,4,7,12-14H2,1H3,(H,22,23)/t17-,19-/m1/s1. The minimum absolute atomic E-state index is 0.0750. The third-order valence-electron chi connectivity index (χ3n) is 4.59. The second-order valence-corrected chi connectivity index (χ2v) is 6.38. The SMILES string of the molecule is COc1ccc(CCC(=O)N[C@@H]2COC[C@H]2Cc2ccncc2)cc1. The van der Waals surface area contributed by atoms with E-state index >= 15 is 0 Å². The normalized spacial score (nSPS) is 19.6. The molecule has 132 valence electrons. The van der Waals surface area contributed by atoms with Gasteiger partial charge in [0.1, 0.15) is 5.75 Å². The van der Waals surface area contributed by atoms with E-state index in [1.807, 2.05) is 36.4 Å². The third-order valence-corrected chi connectivity index (χ3v) is 4.59. The molecule has 2 aromatic rings. The molecule has 0 radical (unpaired) electrons. The smallest absolute Gasteiger partial charge is 0.220 e. The van der Waals surface area contributed by atoms with Gasteiger partial charge in [0.2, 0.25) is 5.91 Å². The van der Waals surface area contributed by atoms with Gasteiger partial charge in [0.25, 0.3) is 0 Å². The van der Waals surface area contributed by atoms with Crippen LogP contribution in [-0.2, 0) is 22.4 Å². The number of aromatic nitrogens is 1. The number of carbonyl (C=O) groups excluding carboxylic acids is 1. The van der Waals surface area contributed by atoms with Crippen LogP contribution < -0.4 is 10.1 Å². The Hall–Kier alpha value is -2.40. The van der Waals surface area contributed by atoms with Gasteiger partial charge < -0.3 is 14.8 Å². The van der Waals surface area contributed by atoms with Gasteiger partial charge in [0, 0.05) is 24.7 Å². The van der Waals surface area contributed by atoms with E-state index in [0.717, 1.165) is 24.2 Å². The van der Waals surface area contributed by atoms with Crippen LogP contribution in [0.15, 0.2) is 48.8 Å². The highest BCUT2D eigenvalue weighted by Crippen LogP contribution is 2.19. The highest BCUT2D eigenvalue weighted by Gasteiger charge is 2.29. The monoisotopic (exact) mass is 340 g/mol. The first-order chi connectivity index (χ1) is 12.2. The second-order valence-electron chi connectivity index (χ2n) is 6.38. The first-order valence-corrected chi connectivity index (χ1v) is 8.63. The molecule has 5 nitrogen and oxygen atoms in total. The maximum Gasteiger partial charge on any atom is 0.220 e. The summed E-state index contributed by atoms with van der Waals surface area (Å²) < 4.78 is 10.7. The summed E-state index contributed by atoms with van der Waals surface area (Å²) in [5.41, 5.74) is 2.36. The molecule has 1 aliphatic heterocycles. The van der Waals surface area contributed by atoms with Crippen molar-refractivity contribution in [1.29, 1.82) is 0 Å². The lowest BCUT2D eigenvalue weighted by atomic mass is 9.95. The highest BCUT2D eigenvalue weighted by molar-refractivity contribution is 5.76. The molecule has 1 saturated heterocycles. The molecule has 5 heteroatoms. The van der Waals surface area contributed by atoms with Crippen molar-refractivity contribution in [3.63, 3.8) is 0 Å². The Morgan fingerprint density at radius 2 is 1.92 bits per heavy atom. The van der Waals surface area contributed by atoms with E-state index in [-0.39, 0.29) is 11.9 Å². The van der Waals surface area contributed by atoms with Crippen molar-refractivity contribution in [1.82, 2.24) is 10.3 Å². The summed E-state index contributed by atoms with van der Waals surface area (Å²) in [6, 6.07) is 11.9. The Morgan fingerprint density at radius 1 is 1.16 bits per heavy atom. The molecule has 0 spiro atoms. The van der Waals surface area contributed by atoms with Crippen molar-refractivity contribution in [3.05, 3.63) is 59.9 Å². The third kappa shape index (κ3) is 5.03. The van der Waals surface area contributed by atoms with Gasteiger partial charge in [-0.15, -0.1) is 0 Å². The van der Waals surface area contributed by atoms with Gasteiger partial charge in [-0.1, -0.05) is 12.1 Å². The average molecular weight is 340 g/mol. The van der Waals surface area contributed by atoms with Crippen molar-refractivity contribution in [3.8, 4) is 5.75 Å². The summed E-state index contributed by atoms with van der Waals surface area (Å²) in [7, 11) is 1.65. The summed E-state index contributed by atoms with van der Waals surface area (Å²) in [6.45, 7) is 1.27. The summed E-state index contributed by atoms with van der Waals surface area (Å²) in [5, 5.41) is 3.14. The van der Waals surface area contributed by atoms with E-state index in [1.165, 1.54) is 5.56 Å². The molecule has 1 aliphatic rings. The number of carbonyl (C=O) groups is 1. The Kier molecular flexibility index (Phi) is 6.01. The quantitative estimate of drug-likeness (QED) is 0.841. The molecule has 1 aromatic carbocycles. The van der Waals surface area contributed by atoms with E-state index < -0.39 is 0 Å². The minimum Gasteiger partial charge on any atom is -0.497 e. The molecule has 1 amide bonds. The molecule has 3 rings (SSSR count). The van der Waals surface area contributed by atoms with Gasteiger partial charge in [0.15, 0.2) is 0 Å².